The number of rotatable bonds is 5. The van der Waals surface area contributed by atoms with Gasteiger partial charge in [0, 0.05) is 31.6 Å². The fourth-order valence-corrected chi connectivity index (χ4v) is 3.77. The molecule has 0 bridgehead atoms. The van der Waals surface area contributed by atoms with E-state index < -0.39 is 0 Å². The van der Waals surface area contributed by atoms with Gasteiger partial charge in [0.15, 0.2) is 5.65 Å². The van der Waals surface area contributed by atoms with Gasteiger partial charge in [0.2, 0.25) is 0 Å². The number of fused-ring (bicyclic) bond motifs is 1. The summed E-state index contributed by atoms with van der Waals surface area (Å²) in [4.78, 5) is 17.3. The van der Waals surface area contributed by atoms with Gasteiger partial charge >= 0.3 is 0 Å². The highest BCUT2D eigenvalue weighted by molar-refractivity contribution is 5.93. The van der Waals surface area contributed by atoms with Gasteiger partial charge in [0.1, 0.15) is 12.0 Å². The van der Waals surface area contributed by atoms with Gasteiger partial charge in [-0.1, -0.05) is 12.1 Å². The van der Waals surface area contributed by atoms with E-state index in [0.29, 0.717) is 31.0 Å². The number of nitrogens with zero attached hydrogens (tertiary/aromatic N) is 5. The SMILES string of the molecule is O=C(NC1CCOCC1)c1cc(Cc2ccc(-n3cccn3)cc2)cc2ncnn12. The topological polar surface area (TPSA) is 86.3 Å². The summed E-state index contributed by atoms with van der Waals surface area (Å²) in [6, 6.07) is 14.1. The minimum atomic E-state index is -0.131. The molecule has 0 aliphatic carbocycles. The Morgan fingerprint density at radius 3 is 2.70 bits per heavy atom. The highest BCUT2D eigenvalue weighted by Gasteiger charge is 2.20. The van der Waals surface area contributed by atoms with E-state index in [4.69, 9.17) is 4.74 Å². The number of nitrogens with one attached hydrogen (secondary N) is 1. The summed E-state index contributed by atoms with van der Waals surface area (Å²) in [7, 11) is 0. The van der Waals surface area contributed by atoms with Gasteiger partial charge in [0.05, 0.1) is 5.69 Å². The first-order valence-electron chi connectivity index (χ1n) is 10.1. The molecule has 152 valence electrons. The van der Waals surface area contributed by atoms with Crippen LogP contribution in [-0.2, 0) is 11.2 Å². The molecule has 1 saturated heterocycles. The van der Waals surface area contributed by atoms with Crippen molar-refractivity contribution < 1.29 is 9.53 Å². The summed E-state index contributed by atoms with van der Waals surface area (Å²) < 4.78 is 8.80. The smallest absolute Gasteiger partial charge is 0.270 e. The summed E-state index contributed by atoms with van der Waals surface area (Å²) in [6.45, 7) is 1.36. The van der Waals surface area contributed by atoms with Crippen LogP contribution in [-0.4, -0.2) is 49.5 Å². The fraction of sp³-hybridized carbons (Fsp3) is 0.273. The van der Waals surface area contributed by atoms with E-state index in [1.807, 2.05) is 41.2 Å². The van der Waals surface area contributed by atoms with Crippen molar-refractivity contribution in [2.45, 2.75) is 25.3 Å². The van der Waals surface area contributed by atoms with Crippen molar-refractivity contribution in [3.8, 4) is 5.69 Å². The van der Waals surface area contributed by atoms with Crippen LogP contribution in [0.5, 0.6) is 0 Å². The van der Waals surface area contributed by atoms with Crippen molar-refractivity contribution in [3.05, 3.63) is 78.0 Å². The third-order valence-electron chi connectivity index (χ3n) is 5.34. The number of pyridine rings is 1. The van der Waals surface area contributed by atoms with E-state index in [2.05, 4.69) is 32.6 Å². The first-order chi connectivity index (χ1) is 14.8. The molecule has 0 atom stereocenters. The molecule has 1 amide bonds. The molecule has 1 aliphatic rings. The van der Waals surface area contributed by atoms with Crippen LogP contribution in [0.2, 0.25) is 0 Å². The Hall–Kier alpha value is -3.52. The third kappa shape index (κ3) is 3.81. The van der Waals surface area contributed by atoms with Gasteiger partial charge in [-0.2, -0.15) is 10.2 Å². The Morgan fingerprint density at radius 2 is 1.93 bits per heavy atom. The fourth-order valence-electron chi connectivity index (χ4n) is 3.77. The molecule has 5 rings (SSSR count). The van der Waals surface area contributed by atoms with Crippen molar-refractivity contribution in [2.75, 3.05) is 13.2 Å². The summed E-state index contributed by atoms with van der Waals surface area (Å²) in [6.07, 6.45) is 7.50. The average Bonchev–Trinajstić information content (AvgIpc) is 3.47. The molecule has 8 nitrogen and oxygen atoms in total. The van der Waals surface area contributed by atoms with Crippen molar-refractivity contribution in [2.24, 2.45) is 0 Å². The molecule has 30 heavy (non-hydrogen) atoms. The van der Waals surface area contributed by atoms with Crippen LogP contribution in [0.3, 0.4) is 0 Å². The molecule has 8 heteroatoms. The van der Waals surface area contributed by atoms with Crippen molar-refractivity contribution in [1.82, 2.24) is 29.7 Å². The molecule has 0 radical (unpaired) electrons. The van der Waals surface area contributed by atoms with Gasteiger partial charge in [0.25, 0.3) is 5.91 Å². The highest BCUT2D eigenvalue weighted by Crippen LogP contribution is 2.17. The lowest BCUT2D eigenvalue weighted by Crippen LogP contribution is -2.39. The van der Waals surface area contributed by atoms with Crippen LogP contribution in [0.1, 0.15) is 34.5 Å². The number of benzene rings is 1. The normalized spacial score (nSPS) is 14.8. The number of amides is 1. The van der Waals surface area contributed by atoms with Crippen molar-refractivity contribution >= 4 is 11.6 Å². The maximum Gasteiger partial charge on any atom is 0.270 e. The summed E-state index contributed by atoms with van der Waals surface area (Å²) in [5.41, 5.74) is 4.33. The van der Waals surface area contributed by atoms with Gasteiger partial charge in [-0.3, -0.25) is 4.79 Å². The van der Waals surface area contributed by atoms with Crippen LogP contribution < -0.4 is 5.32 Å². The third-order valence-corrected chi connectivity index (χ3v) is 5.34. The number of hydrogen-bond donors (Lipinski definition) is 1. The predicted molar refractivity (Wildman–Crippen MR) is 111 cm³/mol. The second kappa shape index (κ2) is 8.08. The van der Waals surface area contributed by atoms with Crippen LogP contribution in [0.15, 0.2) is 61.2 Å². The summed E-state index contributed by atoms with van der Waals surface area (Å²) in [5.74, 6) is -0.131. The second-order valence-electron chi connectivity index (χ2n) is 7.43. The second-order valence-corrected chi connectivity index (χ2v) is 7.43. The van der Waals surface area contributed by atoms with E-state index in [9.17, 15) is 4.79 Å². The molecule has 1 fully saturated rings. The summed E-state index contributed by atoms with van der Waals surface area (Å²) in [5, 5.41) is 11.6. The molecule has 0 saturated carbocycles. The Bertz CT molecular complexity index is 1140. The van der Waals surface area contributed by atoms with Crippen molar-refractivity contribution in [1.29, 1.82) is 0 Å². The van der Waals surface area contributed by atoms with Gasteiger partial charge < -0.3 is 10.1 Å². The number of ether oxygens (including phenoxy) is 1. The average molecular weight is 402 g/mol. The minimum absolute atomic E-state index is 0.128. The molecule has 1 aromatic carbocycles. The lowest BCUT2D eigenvalue weighted by molar-refractivity contribution is 0.0693. The molecule has 4 heterocycles. The summed E-state index contributed by atoms with van der Waals surface area (Å²) >= 11 is 0. The lowest BCUT2D eigenvalue weighted by atomic mass is 10.0. The molecule has 0 spiro atoms. The van der Waals surface area contributed by atoms with Crippen LogP contribution >= 0.6 is 0 Å². The Labute approximate surface area is 173 Å². The number of aromatic nitrogens is 5. The predicted octanol–water partition coefficient (Wildman–Crippen LogP) is 2.41. The standard InChI is InChI=1S/C22H22N6O2/c29-22(26-18-6-10-30-11-7-18)20-13-17(14-21-23-15-25-28(20)21)12-16-2-4-19(5-3-16)27-9-1-8-24-27/h1-5,8-9,13-15,18H,6-7,10-12H2,(H,26,29). The maximum absolute atomic E-state index is 13.0. The van der Waals surface area contributed by atoms with E-state index >= 15 is 0 Å². The first-order valence-corrected chi connectivity index (χ1v) is 10.1. The zero-order valence-electron chi connectivity index (χ0n) is 16.4. The molecule has 3 aromatic heterocycles. The maximum atomic E-state index is 13.0. The highest BCUT2D eigenvalue weighted by atomic mass is 16.5. The van der Waals surface area contributed by atoms with Gasteiger partial charge in [-0.05, 0) is 60.7 Å². The number of carbonyl (C=O) groups is 1. The number of hydrogen-bond acceptors (Lipinski definition) is 5. The van der Waals surface area contributed by atoms with Crippen LogP contribution in [0.4, 0.5) is 0 Å². The van der Waals surface area contributed by atoms with Crippen LogP contribution in [0.25, 0.3) is 11.3 Å². The van der Waals surface area contributed by atoms with Gasteiger partial charge in [-0.25, -0.2) is 14.2 Å². The molecule has 1 aliphatic heterocycles. The quantitative estimate of drug-likeness (QED) is 0.554. The first kappa shape index (κ1) is 18.5. The monoisotopic (exact) mass is 402 g/mol. The van der Waals surface area contributed by atoms with Crippen molar-refractivity contribution in [3.63, 3.8) is 0 Å². The Balaban J connectivity index is 1.39. The minimum Gasteiger partial charge on any atom is -0.381 e. The van der Waals surface area contributed by atoms with Gasteiger partial charge in [-0.15, -0.1) is 0 Å². The molecule has 0 unspecified atom stereocenters. The molecular formula is C22H22N6O2. The Kier molecular flexibility index (Phi) is 4.98. The number of carbonyl (C=O) groups excluding carboxylic acids is 1. The van der Waals surface area contributed by atoms with E-state index in [1.165, 1.54) is 6.33 Å². The lowest BCUT2D eigenvalue weighted by Gasteiger charge is -2.23. The van der Waals surface area contributed by atoms with E-state index in [-0.39, 0.29) is 11.9 Å². The zero-order valence-corrected chi connectivity index (χ0v) is 16.4. The largest absolute Gasteiger partial charge is 0.381 e. The molecule has 4 aromatic rings. The van der Waals surface area contributed by atoms with Crippen LogP contribution in [0, 0.1) is 0 Å². The Morgan fingerprint density at radius 1 is 1.10 bits per heavy atom. The zero-order chi connectivity index (χ0) is 20.3. The molecule has 1 N–H and O–H groups in total. The molecular weight excluding hydrogens is 380 g/mol. The van der Waals surface area contributed by atoms with E-state index in [1.54, 1.807) is 10.7 Å². The van der Waals surface area contributed by atoms with E-state index in [0.717, 1.165) is 29.7 Å².